The van der Waals surface area contributed by atoms with Gasteiger partial charge in [-0.2, -0.15) is 0 Å². The second-order valence-electron chi connectivity index (χ2n) is 1.77. The molecule has 0 saturated heterocycles. The van der Waals surface area contributed by atoms with E-state index in [9.17, 15) is 4.79 Å². The molecule has 0 bridgehead atoms. The van der Waals surface area contributed by atoms with Crippen LogP contribution in [0.2, 0.25) is 0 Å². The van der Waals surface area contributed by atoms with Crippen molar-refractivity contribution in [2.75, 3.05) is 7.05 Å². The quantitative estimate of drug-likeness (QED) is 0.429. The van der Waals surface area contributed by atoms with Crippen molar-refractivity contribution < 1.29 is 4.79 Å². The molecule has 0 aromatic heterocycles. The molecule has 0 aliphatic heterocycles. The van der Waals surface area contributed by atoms with Crippen LogP contribution < -0.4 is 5.32 Å². The highest BCUT2D eigenvalue weighted by Crippen LogP contribution is 1.90. The lowest BCUT2D eigenvalue weighted by Crippen LogP contribution is -2.25. The standard InChI is InChI=1S/C7H11NO/c1-3-4-5-7(6-9)8-2/h1,6-8H,4-5H2,2H3/t7-/m0/s1. The average Bonchev–Trinajstić information content (AvgIpc) is 1.91. The number of carbonyl (C=O) groups is 1. The summed E-state index contributed by atoms with van der Waals surface area (Å²) in [6, 6.07) is -0.0685. The van der Waals surface area contributed by atoms with E-state index in [0.29, 0.717) is 6.42 Å². The number of terminal acetylenes is 1. The summed E-state index contributed by atoms with van der Waals surface area (Å²) in [4.78, 5) is 10.1. The van der Waals surface area contributed by atoms with Crippen molar-refractivity contribution in [2.45, 2.75) is 18.9 Å². The van der Waals surface area contributed by atoms with Crippen LogP contribution in [0.25, 0.3) is 0 Å². The zero-order chi connectivity index (χ0) is 7.11. The highest BCUT2D eigenvalue weighted by molar-refractivity contribution is 5.57. The van der Waals surface area contributed by atoms with E-state index in [-0.39, 0.29) is 6.04 Å². The van der Waals surface area contributed by atoms with Gasteiger partial charge in [-0.05, 0) is 13.5 Å². The second-order valence-corrected chi connectivity index (χ2v) is 1.77. The minimum atomic E-state index is -0.0685. The van der Waals surface area contributed by atoms with Crippen LogP contribution in [0.5, 0.6) is 0 Å². The maximum absolute atomic E-state index is 10.1. The summed E-state index contributed by atoms with van der Waals surface area (Å²) in [7, 11) is 1.75. The summed E-state index contributed by atoms with van der Waals surface area (Å²) < 4.78 is 0. The van der Waals surface area contributed by atoms with Crippen LogP contribution in [0.3, 0.4) is 0 Å². The summed E-state index contributed by atoms with van der Waals surface area (Å²) in [5.41, 5.74) is 0. The smallest absolute Gasteiger partial charge is 0.136 e. The summed E-state index contributed by atoms with van der Waals surface area (Å²) in [5, 5.41) is 2.82. The predicted octanol–water partition coefficient (Wildman–Crippen LogP) is 0.187. The molecule has 50 valence electrons. The average molecular weight is 125 g/mol. The van der Waals surface area contributed by atoms with Gasteiger partial charge in [-0.15, -0.1) is 12.3 Å². The minimum Gasteiger partial charge on any atom is -0.311 e. The van der Waals surface area contributed by atoms with Crippen LogP contribution >= 0.6 is 0 Å². The Labute approximate surface area is 55.6 Å². The first kappa shape index (κ1) is 8.19. The minimum absolute atomic E-state index is 0.0685. The van der Waals surface area contributed by atoms with E-state index in [4.69, 9.17) is 6.42 Å². The number of carbonyl (C=O) groups excluding carboxylic acids is 1. The van der Waals surface area contributed by atoms with Gasteiger partial charge in [0.2, 0.25) is 0 Å². The van der Waals surface area contributed by atoms with Crippen LogP contribution in [0.4, 0.5) is 0 Å². The predicted molar refractivity (Wildman–Crippen MR) is 37.0 cm³/mol. The number of hydrogen-bond donors (Lipinski definition) is 1. The zero-order valence-electron chi connectivity index (χ0n) is 5.55. The molecule has 2 heteroatoms. The fourth-order valence-corrected chi connectivity index (χ4v) is 0.519. The highest BCUT2D eigenvalue weighted by atomic mass is 16.1. The van der Waals surface area contributed by atoms with Crippen LogP contribution in [0.1, 0.15) is 12.8 Å². The zero-order valence-corrected chi connectivity index (χ0v) is 5.55. The van der Waals surface area contributed by atoms with Crippen molar-refractivity contribution in [1.82, 2.24) is 5.32 Å². The fourth-order valence-electron chi connectivity index (χ4n) is 0.519. The molecule has 0 fully saturated rings. The van der Waals surface area contributed by atoms with Crippen LogP contribution in [0.15, 0.2) is 0 Å². The van der Waals surface area contributed by atoms with Gasteiger partial charge in [0.15, 0.2) is 0 Å². The van der Waals surface area contributed by atoms with Gasteiger partial charge < -0.3 is 10.1 Å². The SMILES string of the molecule is C#CCC[C@@H](C=O)NC. The van der Waals surface area contributed by atoms with E-state index in [1.54, 1.807) is 7.05 Å². The van der Waals surface area contributed by atoms with E-state index in [1.165, 1.54) is 0 Å². The van der Waals surface area contributed by atoms with Crippen LogP contribution in [-0.4, -0.2) is 19.4 Å². The lowest BCUT2D eigenvalue weighted by atomic mass is 10.2. The van der Waals surface area contributed by atoms with Crippen molar-refractivity contribution in [3.8, 4) is 12.3 Å². The molecule has 9 heavy (non-hydrogen) atoms. The number of hydrogen-bond acceptors (Lipinski definition) is 2. The third-order valence-electron chi connectivity index (χ3n) is 1.13. The van der Waals surface area contributed by atoms with E-state index in [1.807, 2.05) is 0 Å². The van der Waals surface area contributed by atoms with Gasteiger partial charge in [-0.3, -0.25) is 0 Å². The summed E-state index contributed by atoms with van der Waals surface area (Å²) in [5.74, 6) is 2.47. The lowest BCUT2D eigenvalue weighted by Gasteiger charge is -2.03. The van der Waals surface area contributed by atoms with E-state index >= 15 is 0 Å². The molecule has 0 unspecified atom stereocenters. The molecule has 0 aliphatic carbocycles. The Morgan fingerprint density at radius 1 is 1.89 bits per heavy atom. The first-order valence-corrected chi connectivity index (χ1v) is 2.91. The maximum Gasteiger partial charge on any atom is 0.136 e. The molecule has 0 aliphatic rings. The molecule has 2 nitrogen and oxygen atoms in total. The molecule has 0 aromatic rings. The molecule has 1 atom stereocenters. The Morgan fingerprint density at radius 2 is 2.56 bits per heavy atom. The number of nitrogens with one attached hydrogen (secondary N) is 1. The first-order chi connectivity index (χ1) is 4.35. The third kappa shape index (κ3) is 3.75. The molecule has 0 spiro atoms. The number of rotatable bonds is 4. The lowest BCUT2D eigenvalue weighted by molar-refractivity contribution is -0.109. The third-order valence-corrected chi connectivity index (χ3v) is 1.13. The van der Waals surface area contributed by atoms with Gasteiger partial charge >= 0.3 is 0 Å². The van der Waals surface area contributed by atoms with Crippen LogP contribution in [0, 0.1) is 12.3 Å². The van der Waals surface area contributed by atoms with E-state index in [0.717, 1.165) is 12.7 Å². The van der Waals surface area contributed by atoms with Gasteiger partial charge in [0, 0.05) is 6.42 Å². The topological polar surface area (TPSA) is 29.1 Å². The maximum atomic E-state index is 10.1. The number of aldehydes is 1. The highest BCUT2D eigenvalue weighted by Gasteiger charge is 1.99. The molecule has 0 amide bonds. The van der Waals surface area contributed by atoms with E-state index < -0.39 is 0 Å². The van der Waals surface area contributed by atoms with Crippen LogP contribution in [-0.2, 0) is 4.79 Å². The molecule has 0 heterocycles. The first-order valence-electron chi connectivity index (χ1n) is 2.91. The second kappa shape index (κ2) is 5.33. The number of likely N-dealkylation sites (N-methyl/N-ethyl adjacent to an activating group) is 1. The Kier molecular flexibility index (Phi) is 4.85. The van der Waals surface area contributed by atoms with Crippen molar-refractivity contribution in [3.05, 3.63) is 0 Å². The Hall–Kier alpha value is -0.810. The molecular weight excluding hydrogens is 114 g/mol. The molecule has 1 N–H and O–H groups in total. The summed E-state index contributed by atoms with van der Waals surface area (Å²) >= 11 is 0. The van der Waals surface area contributed by atoms with Gasteiger partial charge in [0.25, 0.3) is 0 Å². The van der Waals surface area contributed by atoms with Crippen molar-refractivity contribution >= 4 is 6.29 Å². The van der Waals surface area contributed by atoms with Gasteiger partial charge in [0.05, 0.1) is 6.04 Å². The molecule has 0 rings (SSSR count). The monoisotopic (exact) mass is 125 g/mol. The Morgan fingerprint density at radius 3 is 2.89 bits per heavy atom. The van der Waals surface area contributed by atoms with Crippen molar-refractivity contribution in [3.63, 3.8) is 0 Å². The van der Waals surface area contributed by atoms with Crippen molar-refractivity contribution in [1.29, 1.82) is 0 Å². The Balaban J connectivity index is 3.33. The van der Waals surface area contributed by atoms with Gasteiger partial charge in [0.1, 0.15) is 6.29 Å². The van der Waals surface area contributed by atoms with E-state index in [2.05, 4.69) is 11.2 Å². The molecule has 0 aromatic carbocycles. The summed E-state index contributed by atoms with van der Waals surface area (Å²) in [6.07, 6.45) is 7.25. The van der Waals surface area contributed by atoms with Crippen molar-refractivity contribution in [2.24, 2.45) is 0 Å². The normalized spacial score (nSPS) is 12.0. The Bertz CT molecular complexity index is 115. The molecule has 0 radical (unpaired) electrons. The van der Waals surface area contributed by atoms with Gasteiger partial charge in [-0.1, -0.05) is 0 Å². The fraction of sp³-hybridized carbons (Fsp3) is 0.571. The largest absolute Gasteiger partial charge is 0.311 e. The summed E-state index contributed by atoms with van der Waals surface area (Å²) in [6.45, 7) is 0. The molecular formula is C7H11NO. The molecule has 0 saturated carbocycles. The van der Waals surface area contributed by atoms with Gasteiger partial charge in [-0.25, -0.2) is 0 Å².